The standard InChI is InChI=1S/C12H10N2O4S/c15-14(16)19(17,18)12-8-6-11(7-9-12)13-10-4-2-1-3-5-10/h1-4,6-9H,5H2. The molecule has 1 aliphatic carbocycles. The van der Waals surface area contributed by atoms with Crippen molar-refractivity contribution in [2.75, 3.05) is 0 Å². The molecule has 0 radical (unpaired) electrons. The van der Waals surface area contributed by atoms with Gasteiger partial charge < -0.3 is 0 Å². The van der Waals surface area contributed by atoms with E-state index in [-0.39, 0.29) is 4.90 Å². The number of hydrogen-bond donors (Lipinski definition) is 0. The average molecular weight is 278 g/mol. The van der Waals surface area contributed by atoms with Crippen LogP contribution in [0.1, 0.15) is 6.42 Å². The minimum atomic E-state index is -4.48. The Morgan fingerprint density at radius 1 is 1.16 bits per heavy atom. The van der Waals surface area contributed by atoms with E-state index < -0.39 is 14.4 Å². The van der Waals surface area contributed by atoms with Gasteiger partial charge in [0.25, 0.3) is 0 Å². The second kappa shape index (κ2) is 5.15. The predicted octanol–water partition coefficient (Wildman–Crippen LogP) is 2.24. The Balaban J connectivity index is 2.27. The molecule has 0 aliphatic heterocycles. The van der Waals surface area contributed by atoms with E-state index in [9.17, 15) is 18.5 Å². The number of allylic oxidation sites excluding steroid dienone is 4. The van der Waals surface area contributed by atoms with Gasteiger partial charge >= 0.3 is 10.0 Å². The van der Waals surface area contributed by atoms with Gasteiger partial charge in [-0.1, -0.05) is 18.2 Å². The van der Waals surface area contributed by atoms with Crippen molar-refractivity contribution in [2.45, 2.75) is 11.3 Å². The SMILES string of the molecule is O=[N+]([O-])S(=O)(=O)c1ccc(N=C2C=CC=CC2)cc1. The summed E-state index contributed by atoms with van der Waals surface area (Å²) in [5.74, 6) is 0. The molecule has 0 unspecified atom stereocenters. The first kappa shape index (κ1) is 13.2. The van der Waals surface area contributed by atoms with Crippen LogP contribution < -0.4 is 0 Å². The molecule has 6 nitrogen and oxygen atoms in total. The van der Waals surface area contributed by atoms with Crippen LogP contribution in [0.2, 0.25) is 0 Å². The van der Waals surface area contributed by atoms with Crippen LogP contribution in [0.4, 0.5) is 5.69 Å². The Hall–Kier alpha value is -2.28. The van der Waals surface area contributed by atoms with Crippen LogP contribution in [0.5, 0.6) is 0 Å². The first-order valence-corrected chi connectivity index (χ1v) is 6.84. The van der Waals surface area contributed by atoms with Gasteiger partial charge in [-0.15, -0.1) is 0 Å². The largest absolute Gasteiger partial charge is 0.448 e. The van der Waals surface area contributed by atoms with Gasteiger partial charge in [0.05, 0.1) is 5.69 Å². The molecule has 0 saturated carbocycles. The maximum Gasteiger partial charge on any atom is 0.448 e. The lowest BCUT2D eigenvalue weighted by molar-refractivity contribution is -0.305. The van der Waals surface area contributed by atoms with Crippen molar-refractivity contribution in [2.24, 2.45) is 4.99 Å². The third-order valence-electron chi connectivity index (χ3n) is 2.47. The van der Waals surface area contributed by atoms with Crippen LogP contribution in [0.25, 0.3) is 0 Å². The number of nitrogens with zero attached hydrogens (tertiary/aromatic N) is 2. The minimum absolute atomic E-state index is 0.347. The molecule has 0 atom stereocenters. The molecule has 98 valence electrons. The third kappa shape index (κ3) is 2.94. The second-order valence-electron chi connectivity index (χ2n) is 3.79. The van der Waals surface area contributed by atoms with Gasteiger partial charge in [0, 0.05) is 12.1 Å². The normalized spacial score (nSPS) is 16.7. The van der Waals surface area contributed by atoms with Crippen LogP contribution in [0, 0.1) is 10.1 Å². The summed E-state index contributed by atoms with van der Waals surface area (Å²) < 4.78 is 21.3. The quantitative estimate of drug-likeness (QED) is 0.626. The lowest BCUT2D eigenvalue weighted by Crippen LogP contribution is -2.12. The highest BCUT2D eigenvalue weighted by Gasteiger charge is 2.26. The highest BCUT2D eigenvalue weighted by molar-refractivity contribution is 7.85. The zero-order valence-electron chi connectivity index (χ0n) is 9.76. The van der Waals surface area contributed by atoms with Crippen LogP contribution in [-0.2, 0) is 10.0 Å². The molecule has 0 amide bonds. The smallest absolute Gasteiger partial charge is 0.253 e. The summed E-state index contributed by atoms with van der Waals surface area (Å²) in [5, 5.41) is 10.4. The van der Waals surface area contributed by atoms with Crippen LogP contribution >= 0.6 is 0 Å². The van der Waals surface area contributed by atoms with E-state index in [4.69, 9.17) is 0 Å². The zero-order chi connectivity index (χ0) is 13.9. The van der Waals surface area contributed by atoms with Gasteiger partial charge in [0.15, 0.2) is 4.33 Å². The maximum absolute atomic E-state index is 11.3. The van der Waals surface area contributed by atoms with Crippen molar-refractivity contribution in [3.05, 3.63) is 58.7 Å². The summed E-state index contributed by atoms with van der Waals surface area (Å²) in [7, 11) is -4.48. The van der Waals surface area contributed by atoms with Crippen LogP contribution in [-0.4, -0.2) is 18.5 Å². The number of aliphatic imine (C=N–C) groups is 1. The molecular formula is C12H10N2O4S. The fourth-order valence-corrected chi connectivity index (χ4v) is 2.18. The van der Waals surface area contributed by atoms with E-state index in [0.717, 1.165) is 5.71 Å². The Bertz CT molecular complexity index is 685. The van der Waals surface area contributed by atoms with E-state index in [2.05, 4.69) is 4.99 Å². The van der Waals surface area contributed by atoms with Crippen molar-refractivity contribution in [1.29, 1.82) is 0 Å². The summed E-state index contributed by atoms with van der Waals surface area (Å²) in [6, 6.07) is 5.24. The molecule has 0 aromatic heterocycles. The average Bonchev–Trinajstić information content (AvgIpc) is 2.40. The Morgan fingerprint density at radius 3 is 2.37 bits per heavy atom. The molecule has 0 heterocycles. The number of rotatable bonds is 3. The van der Waals surface area contributed by atoms with Gasteiger partial charge in [-0.3, -0.25) is 4.99 Å². The molecule has 0 bridgehead atoms. The Morgan fingerprint density at radius 2 is 1.84 bits per heavy atom. The lowest BCUT2D eigenvalue weighted by atomic mass is 10.1. The molecule has 0 fully saturated rings. The van der Waals surface area contributed by atoms with Crippen molar-refractivity contribution < 1.29 is 12.7 Å². The Labute approximate surface area is 110 Å². The number of nitro groups is 1. The first-order valence-electron chi connectivity index (χ1n) is 5.40. The van der Waals surface area contributed by atoms with Gasteiger partial charge in [-0.25, -0.2) is 10.1 Å². The molecule has 1 aromatic carbocycles. The number of sulfonamides is 1. The highest BCUT2D eigenvalue weighted by atomic mass is 32.2. The van der Waals surface area contributed by atoms with E-state index in [1.807, 2.05) is 24.3 Å². The summed E-state index contributed by atoms with van der Waals surface area (Å²) in [5.41, 5.74) is 1.39. The molecule has 1 aliphatic rings. The van der Waals surface area contributed by atoms with Crippen molar-refractivity contribution >= 4 is 21.4 Å². The monoisotopic (exact) mass is 278 g/mol. The lowest BCUT2D eigenvalue weighted by Gasteiger charge is -2.02. The van der Waals surface area contributed by atoms with Gasteiger partial charge in [0.2, 0.25) is 0 Å². The first-order chi connectivity index (χ1) is 9.00. The zero-order valence-corrected chi connectivity index (χ0v) is 10.6. The molecular weight excluding hydrogens is 268 g/mol. The van der Waals surface area contributed by atoms with Gasteiger partial charge in [0.1, 0.15) is 4.90 Å². The van der Waals surface area contributed by atoms with E-state index in [0.29, 0.717) is 12.1 Å². The number of benzene rings is 1. The topological polar surface area (TPSA) is 89.6 Å². The molecule has 19 heavy (non-hydrogen) atoms. The van der Waals surface area contributed by atoms with Crippen LogP contribution in [0.15, 0.2) is 58.5 Å². The summed E-state index contributed by atoms with van der Waals surface area (Å²) in [4.78, 5) is 14.3. The van der Waals surface area contributed by atoms with Crippen LogP contribution in [0.3, 0.4) is 0 Å². The van der Waals surface area contributed by atoms with E-state index in [1.165, 1.54) is 24.3 Å². The second-order valence-corrected chi connectivity index (χ2v) is 5.51. The van der Waals surface area contributed by atoms with E-state index in [1.54, 1.807) is 0 Å². The summed E-state index contributed by atoms with van der Waals surface area (Å²) in [6.45, 7) is 0. The fourth-order valence-electron chi connectivity index (χ4n) is 1.53. The van der Waals surface area contributed by atoms with Gasteiger partial charge in [-0.2, -0.15) is 8.42 Å². The summed E-state index contributed by atoms with van der Waals surface area (Å²) >= 11 is 0. The maximum atomic E-state index is 11.3. The molecule has 0 N–H and O–H groups in total. The molecule has 0 spiro atoms. The molecule has 1 aromatic rings. The fraction of sp³-hybridized carbons (Fsp3) is 0.0833. The number of hydrogen-bond acceptors (Lipinski definition) is 5. The Kier molecular flexibility index (Phi) is 3.57. The third-order valence-corrected chi connectivity index (χ3v) is 3.73. The van der Waals surface area contributed by atoms with Gasteiger partial charge in [-0.05, 0) is 30.3 Å². The van der Waals surface area contributed by atoms with Crippen molar-refractivity contribution in [1.82, 2.24) is 0 Å². The highest BCUT2D eigenvalue weighted by Crippen LogP contribution is 2.19. The van der Waals surface area contributed by atoms with Crippen molar-refractivity contribution in [3.8, 4) is 0 Å². The molecule has 7 heteroatoms. The minimum Gasteiger partial charge on any atom is -0.253 e. The molecule has 2 rings (SSSR count). The predicted molar refractivity (Wildman–Crippen MR) is 70.6 cm³/mol. The van der Waals surface area contributed by atoms with E-state index >= 15 is 0 Å². The molecule has 0 saturated heterocycles. The van der Waals surface area contributed by atoms with Crippen molar-refractivity contribution in [3.63, 3.8) is 0 Å². The summed E-state index contributed by atoms with van der Waals surface area (Å²) in [6.07, 6.45) is 8.26.